The predicted molar refractivity (Wildman–Crippen MR) is 115 cm³/mol. The molecule has 30 heavy (non-hydrogen) atoms. The van der Waals surface area contributed by atoms with E-state index >= 15 is 0 Å². The lowest BCUT2D eigenvalue weighted by atomic mass is 10.1. The van der Waals surface area contributed by atoms with Gasteiger partial charge in [-0.3, -0.25) is 4.79 Å². The van der Waals surface area contributed by atoms with Crippen LogP contribution in [-0.4, -0.2) is 26.8 Å². The van der Waals surface area contributed by atoms with E-state index in [4.69, 9.17) is 25.8 Å². The lowest BCUT2D eigenvalue weighted by Crippen LogP contribution is -2.32. The SMILES string of the molecule is COc1ccc(OC)c(CN(C(=O)CF)c2cc(Cl)ccc2Oc2ccccc2)c1. The Morgan fingerprint density at radius 2 is 1.67 bits per heavy atom. The van der Waals surface area contributed by atoms with Gasteiger partial charge >= 0.3 is 0 Å². The summed E-state index contributed by atoms with van der Waals surface area (Å²) in [6.07, 6.45) is 0. The number of hydrogen-bond donors (Lipinski definition) is 0. The third-order valence-electron chi connectivity index (χ3n) is 4.41. The van der Waals surface area contributed by atoms with E-state index in [1.54, 1.807) is 55.6 Å². The molecule has 0 fully saturated rings. The third kappa shape index (κ3) is 5.02. The first-order valence-electron chi connectivity index (χ1n) is 9.15. The largest absolute Gasteiger partial charge is 0.497 e. The molecule has 0 spiro atoms. The lowest BCUT2D eigenvalue weighted by Gasteiger charge is -2.25. The van der Waals surface area contributed by atoms with E-state index in [0.29, 0.717) is 39.3 Å². The standard InChI is InChI=1S/C23H21ClFNO4/c1-28-19-9-11-21(29-2)16(12-19)15-26(23(27)14-25)20-13-17(24)8-10-22(20)30-18-6-4-3-5-7-18/h3-13H,14-15H2,1-2H3. The van der Waals surface area contributed by atoms with Crippen molar-refractivity contribution in [2.75, 3.05) is 25.8 Å². The first kappa shape index (κ1) is 21.5. The first-order valence-corrected chi connectivity index (χ1v) is 9.53. The summed E-state index contributed by atoms with van der Waals surface area (Å²) in [7, 11) is 3.06. The van der Waals surface area contributed by atoms with Crippen LogP contribution in [0.15, 0.2) is 66.7 Å². The van der Waals surface area contributed by atoms with E-state index in [9.17, 15) is 9.18 Å². The number of amides is 1. The summed E-state index contributed by atoms with van der Waals surface area (Å²) < 4.78 is 30.1. The van der Waals surface area contributed by atoms with Crippen molar-refractivity contribution in [1.29, 1.82) is 0 Å². The molecule has 3 aromatic carbocycles. The van der Waals surface area contributed by atoms with Crippen LogP contribution in [0.5, 0.6) is 23.0 Å². The Balaban J connectivity index is 2.04. The highest BCUT2D eigenvalue weighted by atomic mass is 35.5. The molecule has 0 aromatic heterocycles. The van der Waals surface area contributed by atoms with Crippen LogP contribution < -0.4 is 19.1 Å². The molecule has 0 radical (unpaired) electrons. The van der Waals surface area contributed by atoms with Crippen molar-refractivity contribution in [3.63, 3.8) is 0 Å². The number of hydrogen-bond acceptors (Lipinski definition) is 4. The molecule has 0 unspecified atom stereocenters. The fraction of sp³-hybridized carbons (Fsp3) is 0.174. The Morgan fingerprint density at radius 3 is 2.33 bits per heavy atom. The molecular weight excluding hydrogens is 409 g/mol. The highest BCUT2D eigenvalue weighted by Crippen LogP contribution is 2.37. The molecule has 1 amide bonds. The van der Waals surface area contributed by atoms with Crippen molar-refractivity contribution in [2.24, 2.45) is 0 Å². The maximum absolute atomic E-state index is 13.5. The zero-order valence-corrected chi connectivity index (χ0v) is 17.4. The van der Waals surface area contributed by atoms with Gasteiger partial charge in [-0.15, -0.1) is 0 Å². The average molecular weight is 430 g/mol. The number of carbonyl (C=O) groups is 1. The quantitative estimate of drug-likeness (QED) is 0.464. The van der Waals surface area contributed by atoms with Crippen molar-refractivity contribution >= 4 is 23.2 Å². The molecule has 0 aliphatic rings. The summed E-state index contributed by atoms with van der Waals surface area (Å²) >= 11 is 6.19. The van der Waals surface area contributed by atoms with Crippen LogP contribution >= 0.6 is 11.6 Å². The van der Waals surface area contributed by atoms with Crippen molar-refractivity contribution in [1.82, 2.24) is 0 Å². The monoisotopic (exact) mass is 429 g/mol. The van der Waals surface area contributed by atoms with Gasteiger partial charge in [-0.1, -0.05) is 29.8 Å². The molecule has 0 atom stereocenters. The van der Waals surface area contributed by atoms with E-state index in [0.717, 1.165) is 0 Å². The Morgan fingerprint density at radius 1 is 0.933 bits per heavy atom. The molecule has 0 saturated carbocycles. The van der Waals surface area contributed by atoms with Crippen molar-refractivity contribution in [3.8, 4) is 23.0 Å². The van der Waals surface area contributed by atoms with Crippen LogP contribution in [0.25, 0.3) is 0 Å². The molecule has 0 N–H and O–H groups in total. The number of rotatable bonds is 8. The van der Waals surface area contributed by atoms with Crippen LogP contribution in [0, 0.1) is 0 Å². The first-order chi connectivity index (χ1) is 14.5. The van der Waals surface area contributed by atoms with Crippen molar-refractivity contribution in [2.45, 2.75) is 6.54 Å². The summed E-state index contributed by atoms with van der Waals surface area (Å²) in [6, 6.07) is 19.2. The highest BCUT2D eigenvalue weighted by molar-refractivity contribution is 6.31. The number of benzene rings is 3. The van der Waals surface area contributed by atoms with Crippen LogP contribution in [0.2, 0.25) is 5.02 Å². The minimum Gasteiger partial charge on any atom is -0.497 e. The number of carbonyl (C=O) groups excluding carboxylic acids is 1. The van der Waals surface area contributed by atoms with Gasteiger partial charge in [0.2, 0.25) is 0 Å². The van der Waals surface area contributed by atoms with Crippen LogP contribution in [0.3, 0.4) is 0 Å². The Labute approximate surface area is 179 Å². The summed E-state index contributed by atoms with van der Waals surface area (Å²) in [5.74, 6) is 1.34. The zero-order valence-electron chi connectivity index (χ0n) is 16.6. The second-order valence-corrected chi connectivity index (χ2v) is 6.75. The van der Waals surface area contributed by atoms with E-state index in [1.807, 2.05) is 18.2 Å². The van der Waals surface area contributed by atoms with Gasteiger partial charge in [0.1, 0.15) is 17.2 Å². The average Bonchev–Trinajstić information content (AvgIpc) is 2.78. The number of ether oxygens (including phenoxy) is 3. The molecule has 0 aliphatic heterocycles. The van der Waals surface area contributed by atoms with Crippen molar-refractivity contribution < 1.29 is 23.4 Å². The highest BCUT2D eigenvalue weighted by Gasteiger charge is 2.23. The van der Waals surface area contributed by atoms with Gasteiger partial charge in [-0.05, 0) is 48.5 Å². The minimum absolute atomic E-state index is 0.0363. The van der Waals surface area contributed by atoms with E-state index in [2.05, 4.69) is 0 Å². The molecule has 7 heteroatoms. The predicted octanol–water partition coefficient (Wildman–Crippen LogP) is 5.65. The number of para-hydroxylation sites is 1. The zero-order chi connectivity index (χ0) is 21.5. The van der Waals surface area contributed by atoms with E-state index < -0.39 is 12.6 Å². The fourth-order valence-electron chi connectivity index (χ4n) is 2.96. The van der Waals surface area contributed by atoms with Crippen LogP contribution in [0.4, 0.5) is 10.1 Å². The smallest absolute Gasteiger partial charge is 0.258 e. The summed E-state index contributed by atoms with van der Waals surface area (Å²) in [5, 5.41) is 0.389. The molecule has 156 valence electrons. The Bertz CT molecular complexity index is 1010. The normalized spacial score (nSPS) is 10.4. The number of alkyl halides is 1. The molecule has 5 nitrogen and oxygen atoms in total. The lowest BCUT2D eigenvalue weighted by molar-refractivity contribution is -0.119. The van der Waals surface area contributed by atoms with Gasteiger partial charge in [-0.2, -0.15) is 0 Å². The maximum Gasteiger partial charge on any atom is 0.258 e. The van der Waals surface area contributed by atoms with Gasteiger partial charge in [-0.25, -0.2) is 4.39 Å². The summed E-state index contributed by atoms with van der Waals surface area (Å²) in [5.41, 5.74) is 0.989. The molecule has 3 rings (SSSR count). The van der Waals surface area contributed by atoms with E-state index in [1.165, 1.54) is 12.0 Å². The molecule has 0 aliphatic carbocycles. The molecular formula is C23H21ClFNO4. The molecule has 3 aromatic rings. The van der Waals surface area contributed by atoms with Gasteiger partial charge in [0.15, 0.2) is 12.4 Å². The minimum atomic E-state index is -1.18. The van der Waals surface area contributed by atoms with E-state index in [-0.39, 0.29) is 6.54 Å². The maximum atomic E-state index is 13.5. The second-order valence-electron chi connectivity index (χ2n) is 6.32. The Hall–Kier alpha value is -3.25. The topological polar surface area (TPSA) is 48.0 Å². The Kier molecular flexibility index (Phi) is 7.14. The van der Waals surface area contributed by atoms with Crippen LogP contribution in [0.1, 0.15) is 5.56 Å². The summed E-state index contributed by atoms with van der Waals surface area (Å²) in [6.45, 7) is -1.14. The molecule has 0 saturated heterocycles. The van der Waals surface area contributed by atoms with Gasteiger partial charge in [0.05, 0.1) is 26.5 Å². The third-order valence-corrected chi connectivity index (χ3v) is 4.65. The van der Waals surface area contributed by atoms with Crippen LogP contribution in [-0.2, 0) is 11.3 Å². The van der Waals surface area contributed by atoms with Gasteiger partial charge in [0.25, 0.3) is 5.91 Å². The fourth-order valence-corrected chi connectivity index (χ4v) is 3.13. The number of methoxy groups -OCH3 is 2. The molecule has 0 heterocycles. The second kappa shape index (κ2) is 9.98. The van der Waals surface area contributed by atoms with Gasteiger partial charge in [0, 0.05) is 10.6 Å². The molecule has 0 bridgehead atoms. The number of nitrogens with zero attached hydrogens (tertiary/aromatic N) is 1. The summed E-state index contributed by atoms with van der Waals surface area (Å²) in [4.78, 5) is 13.8. The number of halogens is 2. The van der Waals surface area contributed by atoms with Crippen molar-refractivity contribution in [3.05, 3.63) is 77.3 Å². The number of anilines is 1. The van der Waals surface area contributed by atoms with Gasteiger partial charge < -0.3 is 19.1 Å².